The predicted octanol–water partition coefficient (Wildman–Crippen LogP) is 11.4. The molecule has 40 heavy (non-hydrogen) atoms. The highest BCUT2D eigenvalue weighted by Gasteiger charge is 2.04. The Bertz CT molecular complexity index is 493. The van der Waals surface area contributed by atoms with Gasteiger partial charge in [-0.3, -0.25) is 0 Å². The number of carbonyl (C=O) groups excluding carboxylic acids is 2. The summed E-state index contributed by atoms with van der Waals surface area (Å²) in [5, 5.41) is 16.4. The van der Waals surface area contributed by atoms with Crippen LogP contribution in [-0.4, -0.2) is 22.5 Å². The van der Waals surface area contributed by atoms with Crippen molar-refractivity contribution in [3.8, 4) is 0 Å². The molecular weight excluding hydrogens is 504 g/mol. The van der Waals surface area contributed by atoms with Gasteiger partial charge in [0.25, 0.3) is 0 Å². The van der Waals surface area contributed by atoms with Gasteiger partial charge in [-0.25, -0.2) is 9.59 Å². The van der Waals surface area contributed by atoms with Crippen LogP contribution in [0.15, 0.2) is 0 Å². The lowest BCUT2D eigenvalue weighted by molar-refractivity contribution is -0.234. The molecule has 0 aliphatic carbocycles. The molecule has 6 heteroatoms. The Morgan fingerprint density at radius 3 is 0.825 bits per heavy atom. The maximum absolute atomic E-state index is 10.8. The minimum atomic E-state index is -0.514. The molecule has 0 saturated heterocycles. The van der Waals surface area contributed by atoms with Crippen molar-refractivity contribution in [2.45, 2.75) is 200 Å². The van der Waals surface area contributed by atoms with Crippen molar-refractivity contribution in [2.75, 3.05) is 0 Å². The van der Waals surface area contributed by atoms with Crippen LogP contribution in [0.5, 0.6) is 0 Å². The maximum atomic E-state index is 10.8. The van der Waals surface area contributed by atoms with Crippen LogP contribution >= 0.6 is 0 Å². The second-order valence-corrected chi connectivity index (χ2v) is 12.3. The van der Waals surface area contributed by atoms with E-state index in [0.717, 1.165) is 31.6 Å². The third kappa shape index (κ3) is 31.4. The Morgan fingerprint density at radius 1 is 0.400 bits per heavy atom. The molecule has 0 aromatic rings. The Balaban J connectivity index is 3.18. The SMILES string of the molecule is CC(CCCCCCCCCCCCCCCC(=O)OO)CCCCCCCCCCCCCCCC(=O)OO. The van der Waals surface area contributed by atoms with Crippen molar-refractivity contribution in [1.82, 2.24) is 0 Å². The van der Waals surface area contributed by atoms with Crippen LogP contribution in [0.25, 0.3) is 0 Å². The summed E-state index contributed by atoms with van der Waals surface area (Å²) in [5.74, 6) is -0.133. The molecule has 0 aromatic heterocycles. The Hall–Kier alpha value is -1.14. The van der Waals surface area contributed by atoms with E-state index < -0.39 is 11.9 Å². The summed E-state index contributed by atoms with van der Waals surface area (Å²) in [7, 11) is 0. The first-order chi connectivity index (χ1) is 19.6. The van der Waals surface area contributed by atoms with Crippen LogP contribution in [0.2, 0.25) is 0 Å². The zero-order chi connectivity index (χ0) is 29.4. The van der Waals surface area contributed by atoms with Gasteiger partial charge in [0.2, 0.25) is 0 Å². The van der Waals surface area contributed by atoms with Gasteiger partial charge in [0, 0.05) is 12.8 Å². The summed E-state index contributed by atoms with van der Waals surface area (Å²) in [6.07, 6.45) is 37.0. The molecule has 0 amide bonds. The van der Waals surface area contributed by atoms with Gasteiger partial charge in [-0.1, -0.05) is 174 Å². The van der Waals surface area contributed by atoms with Gasteiger partial charge >= 0.3 is 11.9 Å². The molecule has 0 saturated carbocycles. The van der Waals surface area contributed by atoms with Gasteiger partial charge in [-0.05, 0) is 18.8 Å². The van der Waals surface area contributed by atoms with Gasteiger partial charge in [0.15, 0.2) is 0 Å². The molecule has 0 aliphatic heterocycles. The lowest BCUT2D eigenvalue weighted by atomic mass is 9.95. The molecule has 0 radical (unpaired) electrons. The monoisotopic (exact) mass is 570 g/mol. The van der Waals surface area contributed by atoms with Crippen molar-refractivity contribution < 1.29 is 29.9 Å². The number of hydrogen-bond acceptors (Lipinski definition) is 6. The van der Waals surface area contributed by atoms with Crippen LogP contribution in [0.3, 0.4) is 0 Å². The molecule has 6 nitrogen and oxygen atoms in total. The number of unbranched alkanes of at least 4 members (excludes halogenated alkanes) is 24. The Labute approximate surface area is 247 Å². The van der Waals surface area contributed by atoms with E-state index in [1.165, 1.54) is 154 Å². The van der Waals surface area contributed by atoms with Gasteiger partial charge in [-0.2, -0.15) is 10.5 Å². The van der Waals surface area contributed by atoms with E-state index in [-0.39, 0.29) is 0 Å². The minimum Gasteiger partial charge on any atom is -0.301 e. The van der Waals surface area contributed by atoms with Gasteiger partial charge in [-0.15, -0.1) is 0 Å². The maximum Gasteiger partial charge on any atom is 0.342 e. The van der Waals surface area contributed by atoms with Crippen molar-refractivity contribution in [3.63, 3.8) is 0 Å². The van der Waals surface area contributed by atoms with Crippen LogP contribution in [0, 0.1) is 5.92 Å². The molecule has 0 atom stereocenters. The molecule has 0 fully saturated rings. The smallest absolute Gasteiger partial charge is 0.301 e. The molecule has 0 bridgehead atoms. The van der Waals surface area contributed by atoms with Crippen LogP contribution in [-0.2, 0) is 19.4 Å². The highest BCUT2D eigenvalue weighted by Crippen LogP contribution is 2.19. The fourth-order valence-corrected chi connectivity index (χ4v) is 5.65. The van der Waals surface area contributed by atoms with E-state index in [2.05, 4.69) is 16.7 Å². The highest BCUT2D eigenvalue weighted by molar-refractivity contribution is 5.68. The summed E-state index contributed by atoms with van der Waals surface area (Å²) in [4.78, 5) is 29.0. The van der Waals surface area contributed by atoms with Crippen LogP contribution in [0.4, 0.5) is 0 Å². The molecule has 0 unspecified atom stereocenters. The number of rotatable bonds is 32. The fourth-order valence-electron chi connectivity index (χ4n) is 5.65. The van der Waals surface area contributed by atoms with Gasteiger partial charge in [0.1, 0.15) is 0 Å². The summed E-state index contributed by atoms with van der Waals surface area (Å²) >= 11 is 0. The number of carbonyl (C=O) groups is 2. The third-order valence-electron chi connectivity index (χ3n) is 8.36. The molecular formula is C34H66O6. The van der Waals surface area contributed by atoms with E-state index in [9.17, 15) is 9.59 Å². The Kier molecular flexibility index (Phi) is 31.5. The molecule has 2 N–H and O–H groups in total. The van der Waals surface area contributed by atoms with Crippen molar-refractivity contribution in [1.29, 1.82) is 0 Å². The van der Waals surface area contributed by atoms with Crippen LogP contribution in [0.1, 0.15) is 200 Å². The second kappa shape index (κ2) is 32.4. The molecule has 0 spiro atoms. The van der Waals surface area contributed by atoms with Crippen molar-refractivity contribution >= 4 is 11.9 Å². The average molecular weight is 571 g/mol. The predicted molar refractivity (Wildman–Crippen MR) is 165 cm³/mol. The van der Waals surface area contributed by atoms with Crippen molar-refractivity contribution in [3.05, 3.63) is 0 Å². The van der Waals surface area contributed by atoms with E-state index >= 15 is 0 Å². The first kappa shape index (κ1) is 38.9. The average Bonchev–Trinajstić information content (AvgIpc) is 2.96. The largest absolute Gasteiger partial charge is 0.342 e. The lowest BCUT2D eigenvalue weighted by Crippen LogP contribution is -1.99. The second-order valence-electron chi connectivity index (χ2n) is 12.3. The summed E-state index contributed by atoms with van der Waals surface area (Å²) in [6, 6.07) is 0. The highest BCUT2D eigenvalue weighted by atomic mass is 17.1. The fraction of sp³-hybridized carbons (Fsp3) is 0.941. The molecule has 0 aromatic carbocycles. The van der Waals surface area contributed by atoms with Crippen LogP contribution < -0.4 is 0 Å². The normalized spacial score (nSPS) is 11.3. The summed E-state index contributed by atoms with van der Waals surface area (Å²) < 4.78 is 0. The first-order valence-electron chi connectivity index (χ1n) is 17.3. The zero-order valence-electron chi connectivity index (χ0n) is 26.3. The van der Waals surface area contributed by atoms with Gasteiger partial charge < -0.3 is 9.78 Å². The lowest BCUT2D eigenvalue weighted by Gasteiger charge is -2.11. The molecule has 0 aliphatic rings. The Morgan fingerprint density at radius 2 is 0.600 bits per heavy atom. The van der Waals surface area contributed by atoms with E-state index in [0.29, 0.717) is 12.8 Å². The third-order valence-corrected chi connectivity index (χ3v) is 8.36. The zero-order valence-corrected chi connectivity index (χ0v) is 26.3. The topological polar surface area (TPSA) is 93.1 Å². The summed E-state index contributed by atoms with van der Waals surface area (Å²) in [6.45, 7) is 2.45. The van der Waals surface area contributed by atoms with Gasteiger partial charge in [0.05, 0.1) is 0 Å². The van der Waals surface area contributed by atoms with E-state index in [4.69, 9.17) is 10.5 Å². The van der Waals surface area contributed by atoms with Crippen molar-refractivity contribution in [2.24, 2.45) is 5.92 Å². The quantitative estimate of drug-likeness (QED) is 0.0474. The minimum absolute atomic E-state index is 0.332. The standard InChI is InChI=1S/C34H66O6/c1-32(28-24-20-16-12-8-4-2-6-10-14-18-22-26-30-33(35)39-37)29-25-21-17-13-9-5-3-7-11-15-19-23-27-31-34(36)40-38/h32,37-38H,2-31H2,1H3. The molecule has 238 valence electrons. The molecule has 0 heterocycles. The summed E-state index contributed by atoms with van der Waals surface area (Å²) in [5.41, 5.74) is 0. The number of hydrogen-bond donors (Lipinski definition) is 2. The first-order valence-corrected chi connectivity index (χ1v) is 17.3. The molecule has 0 rings (SSSR count). The van der Waals surface area contributed by atoms with E-state index in [1.54, 1.807) is 0 Å². The van der Waals surface area contributed by atoms with E-state index in [1.807, 2.05) is 0 Å².